The molecule has 2 saturated carbocycles. The standard InChI is InChI=1S/C14H21N3O2S/c18-13(15-6-5-12-16-17-14(20)19-12)11-7-10(8-11)9-3-1-2-4-9/h9-11H,1-8H2,(H,15,18)(H,17,20). The van der Waals surface area contributed by atoms with Gasteiger partial charge in [-0.1, -0.05) is 25.7 Å². The number of hydrogen-bond acceptors (Lipinski definition) is 4. The highest BCUT2D eigenvalue weighted by Crippen LogP contribution is 2.45. The van der Waals surface area contributed by atoms with Gasteiger partial charge in [-0.15, -0.1) is 5.10 Å². The van der Waals surface area contributed by atoms with Crippen LogP contribution < -0.4 is 5.32 Å². The zero-order chi connectivity index (χ0) is 13.9. The number of aromatic nitrogens is 2. The molecule has 0 unspecified atom stereocenters. The molecular weight excluding hydrogens is 274 g/mol. The third-order valence-corrected chi connectivity index (χ3v) is 4.91. The molecule has 6 heteroatoms. The molecule has 2 N–H and O–H groups in total. The predicted octanol–water partition coefficient (Wildman–Crippen LogP) is 2.61. The summed E-state index contributed by atoms with van der Waals surface area (Å²) in [5.74, 6) is 2.66. The van der Waals surface area contributed by atoms with E-state index in [9.17, 15) is 4.79 Å². The van der Waals surface area contributed by atoms with Crippen LogP contribution >= 0.6 is 12.2 Å². The van der Waals surface area contributed by atoms with E-state index in [1.807, 2.05) is 0 Å². The fourth-order valence-corrected chi connectivity index (χ4v) is 3.64. The summed E-state index contributed by atoms with van der Waals surface area (Å²) < 4.78 is 5.15. The number of carbonyl (C=O) groups is 1. The van der Waals surface area contributed by atoms with Crippen molar-refractivity contribution in [3.05, 3.63) is 10.7 Å². The topological polar surface area (TPSA) is 70.9 Å². The van der Waals surface area contributed by atoms with E-state index in [-0.39, 0.29) is 16.7 Å². The molecule has 5 nitrogen and oxygen atoms in total. The van der Waals surface area contributed by atoms with Gasteiger partial charge in [0.15, 0.2) is 0 Å². The second-order valence-electron chi connectivity index (χ2n) is 6.02. The molecule has 110 valence electrons. The molecule has 0 saturated heterocycles. The number of carbonyl (C=O) groups excluding carboxylic acids is 1. The number of aromatic amines is 1. The van der Waals surface area contributed by atoms with Gasteiger partial charge in [-0.2, -0.15) is 0 Å². The van der Waals surface area contributed by atoms with E-state index in [0.717, 1.165) is 24.7 Å². The normalized spacial score (nSPS) is 26.4. The van der Waals surface area contributed by atoms with Gasteiger partial charge in [0.1, 0.15) is 0 Å². The van der Waals surface area contributed by atoms with Crippen molar-refractivity contribution in [2.75, 3.05) is 6.54 Å². The highest BCUT2D eigenvalue weighted by molar-refractivity contribution is 7.71. The Kier molecular flexibility index (Phi) is 4.19. The second-order valence-corrected chi connectivity index (χ2v) is 6.39. The summed E-state index contributed by atoms with van der Waals surface area (Å²) in [6, 6.07) is 0. The molecule has 3 rings (SSSR count). The third kappa shape index (κ3) is 3.11. The van der Waals surface area contributed by atoms with Crippen LogP contribution in [0.2, 0.25) is 0 Å². The first-order chi connectivity index (χ1) is 9.72. The molecule has 0 spiro atoms. The molecule has 0 bridgehead atoms. The fraction of sp³-hybridized carbons (Fsp3) is 0.786. The first-order valence-electron chi connectivity index (χ1n) is 7.54. The maximum Gasteiger partial charge on any atom is 0.284 e. The predicted molar refractivity (Wildman–Crippen MR) is 76.6 cm³/mol. The molecule has 2 aliphatic carbocycles. The maximum atomic E-state index is 12.0. The minimum absolute atomic E-state index is 0.188. The van der Waals surface area contributed by atoms with Gasteiger partial charge < -0.3 is 9.73 Å². The Hall–Kier alpha value is -1.17. The SMILES string of the molecule is O=C(NCCc1n[nH]c(=S)o1)C1CC(C2CCCC2)C1. The van der Waals surface area contributed by atoms with Crippen LogP contribution in [0.25, 0.3) is 0 Å². The lowest BCUT2D eigenvalue weighted by atomic mass is 9.67. The average molecular weight is 295 g/mol. The molecule has 1 heterocycles. The number of nitrogens with zero attached hydrogens (tertiary/aromatic N) is 1. The van der Waals surface area contributed by atoms with Gasteiger partial charge in [0.05, 0.1) is 0 Å². The highest BCUT2D eigenvalue weighted by atomic mass is 32.1. The first-order valence-corrected chi connectivity index (χ1v) is 7.95. The van der Waals surface area contributed by atoms with Crippen LogP contribution in [0.5, 0.6) is 0 Å². The molecular formula is C14H21N3O2S. The van der Waals surface area contributed by atoms with Crippen LogP contribution in [0.3, 0.4) is 0 Å². The monoisotopic (exact) mass is 295 g/mol. The lowest BCUT2D eigenvalue weighted by Gasteiger charge is -2.38. The quantitative estimate of drug-likeness (QED) is 0.819. The second kappa shape index (κ2) is 6.08. The zero-order valence-corrected chi connectivity index (χ0v) is 12.4. The molecule has 1 aromatic heterocycles. The van der Waals surface area contributed by atoms with E-state index in [4.69, 9.17) is 16.6 Å². The number of nitrogens with one attached hydrogen (secondary N) is 2. The summed E-state index contributed by atoms with van der Waals surface area (Å²) in [5.41, 5.74) is 0. The van der Waals surface area contributed by atoms with Gasteiger partial charge in [0, 0.05) is 18.9 Å². The van der Waals surface area contributed by atoms with Crippen LogP contribution in [0.1, 0.15) is 44.4 Å². The summed E-state index contributed by atoms with van der Waals surface area (Å²) in [6.07, 6.45) is 8.27. The molecule has 20 heavy (non-hydrogen) atoms. The molecule has 1 amide bonds. The maximum absolute atomic E-state index is 12.0. The van der Waals surface area contributed by atoms with Crippen molar-refractivity contribution in [3.8, 4) is 0 Å². The van der Waals surface area contributed by atoms with Crippen LogP contribution in [0.15, 0.2) is 4.42 Å². The van der Waals surface area contributed by atoms with E-state index in [0.29, 0.717) is 18.9 Å². The zero-order valence-electron chi connectivity index (χ0n) is 11.6. The molecule has 2 fully saturated rings. The number of amides is 1. The van der Waals surface area contributed by atoms with E-state index in [1.165, 1.54) is 25.7 Å². The minimum Gasteiger partial charge on any atom is -0.414 e. The molecule has 2 aliphatic rings. The van der Waals surface area contributed by atoms with Crippen LogP contribution in [0, 0.1) is 22.6 Å². The molecule has 0 radical (unpaired) electrons. The van der Waals surface area contributed by atoms with Crippen LogP contribution in [-0.4, -0.2) is 22.6 Å². The largest absolute Gasteiger partial charge is 0.414 e. The van der Waals surface area contributed by atoms with Crippen molar-refractivity contribution in [3.63, 3.8) is 0 Å². The first kappa shape index (κ1) is 13.8. The van der Waals surface area contributed by atoms with Crippen LogP contribution in [0.4, 0.5) is 0 Å². The molecule has 0 atom stereocenters. The van der Waals surface area contributed by atoms with Crippen molar-refractivity contribution in [2.24, 2.45) is 17.8 Å². The molecule has 0 aliphatic heterocycles. The number of hydrogen-bond donors (Lipinski definition) is 2. The summed E-state index contributed by atoms with van der Waals surface area (Å²) in [6.45, 7) is 0.562. The Morgan fingerprint density at radius 3 is 2.75 bits per heavy atom. The lowest BCUT2D eigenvalue weighted by molar-refractivity contribution is -0.129. The van der Waals surface area contributed by atoms with Crippen LogP contribution in [-0.2, 0) is 11.2 Å². The van der Waals surface area contributed by atoms with Crippen molar-refractivity contribution in [1.29, 1.82) is 0 Å². The summed E-state index contributed by atoms with van der Waals surface area (Å²) in [5, 5.41) is 9.45. The van der Waals surface area contributed by atoms with Crippen molar-refractivity contribution >= 4 is 18.1 Å². The molecule has 0 aromatic carbocycles. The number of rotatable bonds is 5. The molecule has 1 aromatic rings. The average Bonchev–Trinajstić information content (AvgIpc) is 2.99. The van der Waals surface area contributed by atoms with E-state index >= 15 is 0 Å². The Morgan fingerprint density at radius 1 is 1.35 bits per heavy atom. The van der Waals surface area contributed by atoms with Crippen molar-refractivity contribution in [2.45, 2.75) is 44.9 Å². The van der Waals surface area contributed by atoms with Crippen molar-refractivity contribution < 1.29 is 9.21 Å². The van der Waals surface area contributed by atoms with Crippen molar-refractivity contribution in [1.82, 2.24) is 15.5 Å². The van der Waals surface area contributed by atoms with Gasteiger partial charge in [0.2, 0.25) is 11.8 Å². The van der Waals surface area contributed by atoms with E-state index < -0.39 is 0 Å². The van der Waals surface area contributed by atoms with Gasteiger partial charge in [-0.05, 0) is 36.9 Å². The smallest absolute Gasteiger partial charge is 0.284 e. The lowest BCUT2D eigenvalue weighted by Crippen LogP contribution is -2.41. The van der Waals surface area contributed by atoms with Gasteiger partial charge >= 0.3 is 0 Å². The minimum atomic E-state index is 0.188. The summed E-state index contributed by atoms with van der Waals surface area (Å²) in [4.78, 5) is 12.3. The number of H-pyrrole nitrogens is 1. The summed E-state index contributed by atoms with van der Waals surface area (Å²) in [7, 11) is 0. The van der Waals surface area contributed by atoms with Gasteiger partial charge in [-0.3, -0.25) is 4.79 Å². The van der Waals surface area contributed by atoms with E-state index in [1.54, 1.807) is 0 Å². The Labute approximate surface area is 123 Å². The fourth-order valence-electron chi connectivity index (χ4n) is 3.49. The van der Waals surface area contributed by atoms with Gasteiger partial charge in [-0.25, -0.2) is 5.10 Å². The summed E-state index contributed by atoms with van der Waals surface area (Å²) >= 11 is 4.80. The Bertz CT molecular complexity index is 512. The third-order valence-electron chi connectivity index (χ3n) is 4.73. The van der Waals surface area contributed by atoms with E-state index in [2.05, 4.69) is 15.5 Å². The van der Waals surface area contributed by atoms with Gasteiger partial charge in [0.25, 0.3) is 4.84 Å². The Morgan fingerprint density at radius 2 is 2.10 bits per heavy atom. The highest BCUT2D eigenvalue weighted by Gasteiger charge is 2.39. The Balaban J connectivity index is 1.35.